The predicted molar refractivity (Wildman–Crippen MR) is 82.5 cm³/mol. The molecule has 0 bridgehead atoms. The van der Waals surface area contributed by atoms with Gasteiger partial charge in [0.25, 0.3) is 0 Å². The number of carboxylic acid groups (broad SMARTS) is 1. The molecule has 1 N–H and O–H groups in total. The van der Waals surface area contributed by atoms with Gasteiger partial charge in [-0.2, -0.15) is 5.10 Å². The van der Waals surface area contributed by atoms with E-state index in [-0.39, 0.29) is 17.5 Å². The number of ether oxygens (including phenoxy) is 1. The minimum atomic E-state index is -3.51. The second-order valence-corrected chi connectivity index (χ2v) is 8.75. The van der Waals surface area contributed by atoms with Gasteiger partial charge in [0.2, 0.25) is 0 Å². The van der Waals surface area contributed by atoms with Crippen LogP contribution in [0.15, 0.2) is 15.7 Å². The fourth-order valence-electron chi connectivity index (χ4n) is 3.22. The topological polar surface area (TPSA) is 98.5 Å². The average molecular weight is 354 g/mol. The Morgan fingerprint density at radius 2 is 2.13 bits per heavy atom. The molecule has 2 aromatic heterocycles. The Morgan fingerprint density at radius 3 is 2.83 bits per heavy atom. The molecule has 7 nitrogen and oxygen atoms in total. The second-order valence-electron chi connectivity index (χ2n) is 5.65. The van der Waals surface area contributed by atoms with Crippen molar-refractivity contribution < 1.29 is 23.1 Å². The zero-order valence-electron chi connectivity index (χ0n) is 12.1. The monoisotopic (exact) mass is 354 g/mol. The highest BCUT2D eigenvalue weighted by Gasteiger charge is 2.38. The van der Waals surface area contributed by atoms with Crippen LogP contribution in [0.4, 0.5) is 0 Å². The lowest BCUT2D eigenvalue weighted by atomic mass is 10.1. The molecule has 4 heterocycles. The van der Waals surface area contributed by atoms with Gasteiger partial charge in [-0.3, -0.25) is 4.68 Å². The van der Waals surface area contributed by atoms with Crippen molar-refractivity contribution in [1.82, 2.24) is 9.78 Å². The largest absolute Gasteiger partial charge is 0.476 e. The maximum Gasteiger partial charge on any atom is 0.356 e. The average Bonchev–Trinajstić information content (AvgIpc) is 3.12. The van der Waals surface area contributed by atoms with Crippen LogP contribution in [-0.4, -0.2) is 42.5 Å². The molecule has 2 aliphatic rings. The molecule has 0 saturated carbocycles. The van der Waals surface area contributed by atoms with Gasteiger partial charge in [-0.25, -0.2) is 13.2 Å². The Hall–Kier alpha value is -1.71. The summed E-state index contributed by atoms with van der Waals surface area (Å²) in [5.41, 5.74) is 1.35. The Morgan fingerprint density at radius 1 is 1.39 bits per heavy atom. The number of aromatic nitrogens is 2. The van der Waals surface area contributed by atoms with Crippen LogP contribution in [0.1, 0.15) is 34.9 Å². The van der Waals surface area contributed by atoms with E-state index in [4.69, 9.17) is 4.74 Å². The van der Waals surface area contributed by atoms with Gasteiger partial charge >= 0.3 is 5.97 Å². The fraction of sp³-hybridized carbons (Fsp3) is 0.429. The lowest BCUT2D eigenvalue weighted by Gasteiger charge is -2.25. The highest BCUT2D eigenvalue weighted by molar-refractivity contribution is 7.93. The van der Waals surface area contributed by atoms with Gasteiger partial charge in [-0.05, 0) is 24.3 Å². The first-order valence-electron chi connectivity index (χ1n) is 7.22. The molecule has 2 aliphatic heterocycles. The summed E-state index contributed by atoms with van der Waals surface area (Å²) >= 11 is 1.17. The molecule has 0 aliphatic carbocycles. The van der Waals surface area contributed by atoms with E-state index < -0.39 is 15.8 Å². The minimum Gasteiger partial charge on any atom is -0.476 e. The van der Waals surface area contributed by atoms with Gasteiger partial charge in [-0.1, -0.05) is 0 Å². The lowest BCUT2D eigenvalue weighted by Crippen LogP contribution is -2.22. The SMILES string of the molecule is O=C(O)c1nn(C2CCOCC2)c2c1CS(=O)(=O)c1sccc1-2. The van der Waals surface area contributed by atoms with Crippen molar-refractivity contribution in [2.24, 2.45) is 0 Å². The molecule has 0 unspecified atom stereocenters. The Bertz CT molecular complexity index is 890. The number of sulfone groups is 1. The van der Waals surface area contributed by atoms with Crippen LogP contribution in [0.25, 0.3) is 11.3 Å². The number of carbonyl (C=O) groups is 1. The molecule has 9 heteroatoms. The summed E-state index contributed by atoms with van der Waals surface area (Å²) in [7, 11) is -3.51. The van der Waals surface area contributed by atoms with Crippen LogP contribution in [0.3, 0.4) is 0 Å². The molecule has 0 radical (unpaired) electrons. The molecule has 1 fully saturated rings. The van der Waals surface area contributed by atoms with E-state index in [1.54, 1.807) is 16.1 Å². The summed E-state index contributed by atoms with van der Waals surface area (Å²) in [5.74, 6) is -1.50. The summed E-state index contributed by atoms with van der Waals surface area (Å²) in [5, 5.41) is 15.4. The standard InChI is InChI=1S/C14H14N2O5S2/c17-13(18)11-10-7-23(19,20)14-9(3-6-22-14)12(10)16(15-11)8-1-4-21-5-2-8/h3,6,8H,1-2,4-5,7H2,(H,17,18). The molecule has 1 saturated heterocycles. The molecule has 0 aromatic carbocycles. The first-order chi connectivity index (χ1) is 11.0. The molecule has 0 amide bonds. The van der Waals surface area contributed by atoms with Crippen molar-refractivity contribution in [2.75, 3.05) is 13.2 Å². The third-order valence-corrected chi connectivity index (χ3v) is 7.46. The fourth-order valence-corrected chi connectivity index (χ4v) is 6.06. The number of aromatic carboxylic acids is 1. The zero-order valence-corrected chi connectivity index (χ0v) is 13.7. The highest BCUT2D eigenvalue weighted by Crippen LogP contribution is 2.44. The van der Waals surface area contributed by atoms with E-state index in [0.717, 1.165) is 12.8 Å². The molecule has 23 heavy (non-hydrogen) atoms. The number of fused-ring (bicyclic) bond motifs is 3. The van der Waals surface area contributed by atoms with Gasteiger partial charge in [0.15, 0.2) is 15.5 Å². The molecule has 122 valence electrons. The van der Waals surface area contributed by atoms with Crippen molar-refractivity contribution >= 4 is 27.1 Å². The number of thiophene rings is 1. The lowest BCUT2D eigenvalue weighted by molar-refractivity contribution is 0.0648. The normalized spacial score (nSPS) is 20.0. The van der Waals surface area contributed by atoms with Gasteiger partial charge in [0, 0.05) is 24.3 Å². The zero-order chi connectivity index (χ0) is 16.2. The van der Waals surface area contributed by atoms with Crippen molar-refractivity contribution in [2.45, 2.75) is 28.8 Å². The van der Waals surface area contributed by atoms with E-state index in [0.29, 0.717) is 34.2 Å². The summed E-state index contributed by atoms with van der Waals surface area (Å²) in [4.78, 5) is 11.5. The smallest absolute Gasteiger partial charge is 0.356 e. The van der Waals surface area contributed by atoms with E-state index in [1.807, 2.05) is 0 Å². The maximum atomic E-state index is 12.4. The van der Waals surface area contributed by atoms with Crippen LogP contribution in [0.5, 0.6) is 0 Å². The van der Waals surface area contributed by atoms with Crippen LogP contribution < -0.4 is 0 Å². The quantitative estimate of drug-likeness (QED) is 0.885. The third-order valence-electron chi connectivity index (χ3n) is 4.25. The molecule has 2 aromatic rings. The number of hydrogen-bond acceptors (Lipinski definition) is 6. The first-order valence-corrected chi connectivity index (χ1v) is 9.75. The molecular weight excluding hydrogens is 340 g/mol. The number of nitrogens with zero attached hydrogens (tertiary/aromatic N) is 2. The minimum absolute atomic E-state index is 0.0270. The Kier molecular flexibility index (Phi) is 3.33. The molecule has 4 rings (SSSR count). The number of rotatable bonds is 2. The molecular formula is C14H14N2O5S2. The van der Waals surface area contributed by atoms with E-state index in [9.17, 15) is 18.3 Å². The van der Waals surface area contributed by atoms with E-state index in [2.05, 4.69) is 5.10 Å². The van der Waals surface area contributed by atoms with Crippen LogP contribution in [0.2, 0.25) is 0 Å². The van der Waals surface area contributed by atoms with Crippen molar-refractivity contribution in [3.8, 4) is 11.3 Å². The van der Waals surface area contributed by atoms with Crippen LogP contribution >= 0.6 is 11.3 Å². The highest BCUT2D eigenvalue weighted by atomic mass is 32.2. The van der Waals surface area contributed by atoms with Crippen molar-refractivity contribution in [3.05, 3.63) is 22.7 Å². The number of hydrogen-bond donors (Lipinski definition) is 1. The molecule has 0 atom stereocenters. The van der Waals surface area contributed by atoms with Gasteiger partial charge < -0.3 is 9.84 Å². The summed E-state index contributed by atoms with van der Waals surface area (Å²) in [6.07, 6.45) is 1.47. The van der Waals surface area contributed by atoms with Gasteiger partial charge in [-0.15, -0.1) is 11.3 Å². The summed E-state index contributed by atoms with van der Waals surface area (Å²) < 4.78 is 32.2. The second kappa shape index (κ2) is 5.15. The van der Waals surface area contributed by atoms with E-state index in [1.165, 1.54) is 11.3 Å². The van der Waals surface area contributed by atoms with Crippen LogP contribution in [-0.2, 0) is 20.3 Å². The first kappa shape index (κ1) is 14.9. The maximum absolute atomic E-state index is 12.4. The number of carboxylic acids is 1. The van der Waals surface area contributed by atoms with E-state index >= 15 is 0 Å². The van der Waals surface area contributed by atoms with Gasteiger partial charge in [0.1, 0.15) is 4.21 Å². The van der Waals surface area contributed by atoms with Crippen molar-refractivity contribution in [1.29, 1.82) is 0 Å². The predicted octanol–water partition coefficient (Wildman–Crippen LogP) is 1.95. The Balaban J connectivity index is 1.97. The van der Waals surface area contributed by atoms with Crippen LogP contribution in [0, 0.1) is 0 Å². The summed E-state index contributed by atoms with van der Waals surface area (Å²) in [6, 6.07) is 1.76. The Labute approximate surface area is 136 Å². The third kappa shape index (κ3) is 2.22. The molecule has 0 spiro atoms. The van der Waals surface area contributed by atoms with Crippen molar-refractivity contribution in [3.63, 3.8) is 0 Å². The van der Waals surface area contributed by atoms with Gasteiger partial charge in [0.05, 0.1) is 17.5 Å². The summed E-state index contributed by atoms with van der Waals surface area (Å²) in [6.45, 7) is 1.19.